The normalized spacial score (nSPS) is 10.8. The molecule has 0 atom stereocenters. The highest BCUT2D eigenvalue weighted by Crippen LogP contribution is 2.29. The van der Waals surface area contributed by atoms with E-state index >= 15 is 0 Å². The van der Waals surface area contributed by atoms with Gasteiger partial charge in [0.1, 0.15) is 12.4 Å². The van der Waals surface area contributed by atoms with Crippen molar-refractivity contribution in [2.45, 2.75) is 6.61 Å². The quantitative estimate of drug-likeness (QED) is 0.150. The van der Waals surface area contributed by atoms with Crippen LogP contribution in [0.3, 0.4) is 0 Å². The molecule has 31 heavy (non-hydrogen) atoms. The molecular weight excluding hydrogens is 648 g/mol. The Hall–Kier alpha value is -2.25. The number of hydrogen-bond donors (Lipinski definition) is 1. The van der Waals surface area contributed by atoms with Crippen LogP contribution in [0.4, 0.5) is 5.69 Å². The van der Waals surface area contributed by atoms with E-state index in [1.165, 1.54) is 12.1 Å². The zero-order valence-electron chi connectivity index (χ0n) is 15.7. The van der Waals surface area contributed by atoms with Crippen LogP contribution in [0.25, 0.3) is 0 Å². The van der Waals surface area contributed by atoms with Crippen molar-refractivity contribution >= 4 is 74.6 Å². The molecule has 0 spiro atoms. The van der Waals surface area contributed by atoms with Gasteiger partial charge in [0.15, 0.2) is 0 Å². The van der Waals surface area contributed by atoms with E-state index in [0.717, 1.165) is 12.7 Å². The van der Waals surface area contributed by atoms with Crippen LogP contribution in [0.15, 0.2) is 65.8 Å². The van der Waals surface area contributed by atoms with Crippen molar-refractivity contribution in [3.8, 4) is 5.75 Å². The Morgan fingerprint density at radius 3 is 2.45 bits per heavy atom. The molecule has 0 aromatic heterocycles. The molecule has 0 aliphatic heterocycles. The van der Waals surface area contributed by atoms with E-state index in [9.17, 15) is 14.9 Å². The number of hydrogen-bond acceptors (Lipinski definition) is 5. The number of halogens is 3. The number of nitrogens with one attached hydrogen (secondary N) is 1. The lowest BCUT2D eigenvalue weighted by Gasteiger charge is -2.11. The Morgan fingerprint density at radius 1 is 1.13 bits per heavy atom. The molecule has 1 N–H and O–H groups in total. The maximum Gasteiger partial charge on any atom is 0.271 e. The van der Waals surface area contributed by atoms with Crippen LogP contribution in [0, 0.1) is 17.3 Å². The van der Waals surface area contributed by atoms with Gasteiger partial charge in [-0.25, -0.2) is 5.43 Å². The molecule has 10 heteroatoms. The summed E-state index contributed by atoms with van der Waals surface area (Å²) in [4.78, 5) is 22.6. The van der Waals surface area contributed by atoms with Crippen molar-refractivity contribution < 1.29 is 14.5 Å². The number of amides is 1. The lowest BCUT2D eigenvalue weighted by Crippen LogP contribution is -2.17. The minimum Gasteiger partial charge on any atom is -0.487 e. The van der Waals surface area contributed by atoms with E-state index in [1.807, 2.05) is 12.1 Å². The van der Waals surface area contributed by atoms with E-state index < -0.39 is 4.92 Å². The van der Waals surface area contributed by atoms with Gasteiger partial charge < -0.3 is 4.74 Å². The van der Waals surface area contributed by atoms with E-state index in [0.29, 0.717) is 21.9 Å². The van der Waals surface area contributed by atoms with Gasteiger partial charge >= 0.3 is 0 Å². The summed E-state index contributed by atoms with van der Waals surface area (Å²) in [6.45, 7) is 0.207. The van der Waals surface area contributed by atoms with E-state index in [1.54, 1.807) is 42.6 Å². The van der Waals surface area contributed by atoms with Gasteiger partial charge in [0.05, 0.1) is 18.3 Å². The predicted molar refractivity (Wildman–Crippen MR) is 136 cm³/mol. The van der Waals surface area contributed by atoms with Crippen LogP contribution in [-0.4, -0.2) is 17.0 Å². The van der Waals surface area contributed by atoms with Crippen molar-refractivity contribution in [1.29, 1.82) is 0 Å². The Kier molecular flexibility index (Phi) is 8.21. The van der Waals surface area contributed by atoms with E-state index in [2.05, 4.69) is 55.7 Å². The first-order valence-corrected chi connectivity index (χ1v) is 11.3. The number of rotatable bonds is 7. The average molecular weight is 662 g/mol. The third kappa shape index (κ3) is 6.61. The molecule has 3 rings (SSSR count). The molecule has 0 saturated heterocycles. The molecule has 0 saturated carbocycles. The van der Waals surface area contributed by atoms with Gasteiger partial charge in [-0.15, -0.1) is 0 Å². The molecule has 0 radical (unpaired) electrons. The number of nitrogens with zero attached hydrogens (tertiary/aromatic N) is 2. The summed E-state index contributed by atoms with van der Waals surface area (Å²) in [6.07, 6.45) is 1.54. The Morgan fingerprint density at radius 2 is 1.81 bits per heavy atom. The molecule has 0 heterocycles. The zero-order chi connectivity index (χ0) is 22.4. The summed E-state index contributed by atoms with van der Waals surface area (Å²) in [7, 11) is 0. The number of ether oxygens (including phenoxy) is 1. The molecule has 3 aromatic carbocycles. The molecule has 0 unspecified atom stereocenters. The second-order valence-electron chi connectivity index (χ2n) is 6.24. The summed E-state index contributed by atoms with van der Waals surface area (Å²) in [5.41, 5.74) is 4.45. The minimum absolute atomic E-state index is 0.0256. The second kappa shape index (κ2) is 10.9. The molecule has 1 amide bonds. The fourth-order valence-electron chi connectivity index (χ4n) is 2.54. The van der Waals surface area contributed by atoms with Gasteiger partial charge in [-0.3, -0.25) is 14.9 Å². The lowest BCUT2D eigenvalue weighted by atomic mass is 10.2. The van der Waals surface area contributed by atoms with Crippen LogP contribution in [0.5, 0.6) is 5.75 Å². The predicted octanol–water partition coefficient (Wildman–Crippen LogP) is 5.80. The highest BCUT2D eigenvalue weighted by molar-refractivity contribution is 14.1. The fraction of sp³-hybridized carbons (Fsp3) is 0.0476. The van der Waals surface area contributed by atoms with Crippen molar-refractivity contribution in [2.24, 2.45) is 5.10 Å². The molecule has 158 valence electrons. The first-order valence-electron chi connectivity index (χ1n) is 8.77. The maximum absolute atomic E-state index is 12.1. The third-order valence-corrected chi connectivity index (χ3v) is 5.87. The largest absolute Gasteiger partial charge is 0.487 e. The summed E-state index contributed by atoms with van der Waals surface area (Å²) in [6, 6.07) is 16.6. The number of nitro benzene ring substituents is 1. The monoisotopic (exact) mass is 661 g/mol. The Balaban J connectivity index is 1.65. The summed E-state index contributed by atoms with van der Waals surface area (Å²) in [5.74, 6) is 0.337. The van der Waals surface area contributed by atoms with E-state index in [4.69, 9.17) is 16.3 Å². The van der Waals surface area contributed by atoms with Gasteiger partial charge in [-0.1, -0.05) is 23.7 Å². The number of hydrazone groups is 1. The minimum atomic E-state index is -0.434. The molecule has 0 aliphatic rings. The van der Waals surface area contributed by atoms with Crippen molar-refractivity contribution in [3.05, 3.63) is 99.6 Å². The number of benzene rings is 3. The zero-order valence-corrected chi connectivity index (χ0v) is 20.8. The van der Waals surface area contributed by atoms with Crippen molar-refractivity contribution in [3.63, 3.8) is 0 Å². The average Bonchev–Trinajstić information content (AvgIpc) is 2.73. The number of nitro groups is 1. The summed E-state index contributed by atoms with van der Waals surface area (Å²) >= 11 is 10.1. The smallest absolute Gasteiger partial charge is 0.271 e. The number of carbonyl (C=O) groups excluding carboxylic acids is 1. The van der Waals surface area contributed by atoms with Crippen LogP contribution in [0.1, 0.15) is 21.5 Å². The van der Waals surface area contributed by atoms with Crippen LogP contribution >= 0.6 is 56.8 Å². The standard InChI is InChI=1S/C21H14ClI2N3O4/c22-16-6-4-15(5-7-16)21(28)26-25-11-14-9-18(23)20(19(24)10-14)31-12-13-2-1-3-17(8-13)27(29)30/h1-11H,12H2,(H,26,28)/b25-11-. The highest BCUT2D eigenvalue weighted by Gasteiger charge is 2.11. The number of carbonyl (C=O) groups is 1. The van der Waals surface area contributed by atoms with Crippen LogP contribution in [-0.2, 0) is 6.61 Å². The van der Waals surface area contributed by atoms with Gasteiger partial charge in [-0.05, 0) is 92.7 Å². The molecular formula is C21H14ClI2N3O4. The molecule has 0 fully saturated rings. The van der Waals surface area contributed by atoms with Gasteiger partial charge in [0.2, 0.25) is 0 Å². The molecule has 3 aromatic rings. The highest BCUT2D eigenvalue weighted by atomic mass is 127. The second-order valence-corrected chi connectivity index (χ2v) is 9.00. The Bertz CT molecular complexity index is 1130. The van der Waals surface area contributed by atoms with Crippen molar-refractivity contribution in [1.82, 2.24) is 5.43 Å². The Labute approximate surface area is 210 Å². The first-order chi connectivity index (χ1) is 14.8. The number of non-ortho nitro benzene ring substituents is 1. The van der Waals surface area contributed by atoms with Gasteiger partial charge in [0, 0.05) is 22.7 Å². The molecule has 0 bridgehead atoms. The topological polar surface area (TPSA) is 93.8 Å². The van der Waals surface area contributed by atoms with E-state index in [-0.39, 0.29) is 18.2 Å². The SMILES string of the molecule is O=C(N/N=C\c1cc(I)c(OCc2cccc([N+](=O)[O-])c2)c(I)c1)c1ccc(Cl)cc1. The van der Waals surface area contributed by atoms with Gasteiger partial charge in [-0.2, -0.15) is 5.10 Å². The lowest BCUT2D eigenvalue weighted by molar-refractivity contribution is -0.384. The van der Waals surface area contributed by atoms with Crippen LogP contribution in [0.2, 0.25) is 5.02 Å². The maximum atomic E-state index is 12.1. The van der Waals surface area contributed by atoms with Gasteiger partial charge in [0.25, 0.3) is 11.6 Å². The molecule has 0 aliphatic carbocycles. The summed E-state index contributed by atoms with van der Waals surface area (Å²) < 4.78 is 7.59. The third-order valence-electron chi connectivity index (χ3n) is 4.01. The first kappa shape index (κ1) is 23.4. The van der Waals surface area contributed by atoms with Crippen LogP contribution < -0.4 is 10.2 Å². The summed E-state index contributed by atoms with van der Waals surface area (Å²) in [5, 5.41) is 15.5. The van der Waals surface area contributed by atoms with Crippen molar-refractivity contribution in [2.75, 3.05) is 0 Å². The fourth-order valence-corrected chi connectivity index (χ4v) is 4.79. The molecule has 7 nitrogen and oxygen atoms in total.